The zero-order chi connectivity index (χ0) is 21.4. The Bertz CT molecular complexity index is 1040. The summed E-state index contributed by atoms with van der Waals surface area (Å²) in [5.41, 5.74) is 2.69. The van der Waals surface area contributed by atoms with Gasteiger partial charge in [0.15, 0.2) is 11.6 Å². The molecule has 1 unspecified atom stereocenters. The lowest BCUT2D eigenvalue weighted by atomic mass is 10.1. The number of hydrogen-bond donors (Lipinski definition) is 1. The molecule has 156 valence electrons. The Labute approximate surface area is 172 Å². The normalized spacial score (nSPS) is 18.0. The van der Waals surface area contributed by atoms with Gasteiger partial charge in [-0.2, -0.15) is 0 Å². The minimum atomic E-state index is -1.05. The molecule has 0 saturated carbocycles. The molecular weight excluding hydrogens is 392 g/mol. The number of carbonyl (C=O) groups excluding carboxylic acids is 3. The number of nitrogens with one attached hydrogen (secondary N) is 1. The molecule has 1 atom stereocenters. The van der Waals surface area contributed by atoms with Crippen molar-refractivity contribution in [3.05, 3.63) is 53.6 Å². The summed E-state index contributed by atoms with van der Waals surface area (Å²) < 4.78 is 26.4. The summed E-state index contributed by atoms with van der Waals surface area (Å²) >= 11 is 0. The molecule has 8 heteroatoms. The van der Waals surface area contributed by atoms with Crippen LogP contribution in [0.15, 0.2) is 36.4 Å². The molecular formula is C22H21F2N3O3. The van der Waals surface area contributed by atoms with Gasteiger partial charge in [0.1, 0.15) is 0 Å². The summed E-state index contributed by atoms with van der Waals surface area (Å²) in [5.74, 6) is -3.18. The van der Waals surface area contributed by atoms with Crippen LogP contribution in [0.1, 0.15) is 25.3 Å². The third-order valence-corrected chi connectivity index (χ3v) is 5.56. The number of hydrogen-bond acceptors (Lipinski definition) is 3. The molecule has 6 nitrogen and oxygen atoms in total. The molecule has 0 spiro atoms. The molecule has 0 radical (unpaired) electrons. The van der Waals surface area contributed by atoms with Gasteiger partial charge >= 0.3 is 0 Å². The first-order valence-electron chi connectivity index (χ1n) is 9.87. The maximum atomic E-state index is 13.3. The van der Waals surface area contributed by atoms with Crippen LogP contribution in [0.4, 0.5) is 25.8 Å². The van der Waals surface area contributed by atoms with Crippen LogP contribution in [0.2, 0.25) is 0 Å². The maximum Gasteiger partial charge on any atom is 0.229 e. The number of nitrogens with zero attached hydrogens (tertiary/aromatic N) is 2. The number of halogens is 2. The number of fused-ring (bicyclic) bond motifs is 1. The number of anilines is 3. The van der Waals surface area contributed by atoms with Gasteiger partial charge in [0, 0.05) is 49.1 Å². The zero-order valence-electron chi connectivity index (χ0n) is 16.5. The van der Waals surface area contributed by atoms with Crippen LogP contribution in [0.5, 0.6) is 0 Å². The monoisotopic (exact) mass is 413 g/mol. The summed E-state index contributed by atoms with van der Waals surface area (Å²) in [6.45, 7) is 2.65. The van der Waals surface area contributed by atoms with E-state index in [0.717, 1.165) is 29.8 Å². The number of benzene rings is 2. The molecule has 4 rings (SSSR count). The van der Waals surface area contributed by atoms with Crippen molar-refractivity contribution in [2.24, 2.45) is 5.92 Å². The van der Waals surface area contributed by atoms with Crippen molar-refractivity contribution in [2.75, 3.05) is 28.2 Å². The van der Waals surface area contributed by atoms with Gasteiger partial charge in [-0.15, -0.1) is 0 Å². The van der Waals surface area contributed by atoms with Crippen molar-refractivity contribution in [3.63, 3.8) is 0 Å². The Balaban J connectivity index is 1.47. The van der Waals surface area contributed by atoms with Gasteiger partial charge in [0.25, 0.3) is 0 Å². The fraction of sp³-hybridized carbons (Fsp3) is 0.318. The Hall–Kier alpha value is -3.29. The predicted molar refractivity (Wildman–Crippen MR) is 108 cm³/mol. The average Bonchev–Trinajstić information content (AvgIpc) is 3.33. The van der Waals surface area contributed by atoms with Crippen molar-refractivity contribution in [1.29, 1.82) is 0 Å². The Morgan fingerprint density at radius 2 is 1.93 bits per heavy atom. The van der Waals surface area contributed by atoms with E-state index in [1.165, 1.54) is 6.07 Å². The predicted octanol–water partition coefficient (Wildman–Crippen LogP) is 3.26. The molecule has 30 heavy (non-hydrogen) atoms. The van der Waals surface area contributed by atoms with E-state index < -0.39 is 23.5 Å². The minimum absolute atomic E-state index is 0.0348. The highest BCUT2D eigenvalue weighted by atomic mass is 19.2. The SMILES string of the molecule is CCC(=O)N1CCc2cc(N3CC(C(=O)Nc4ccc(F)c(F)c4)CC3=O)ccc21. The first kappa shape index (κ1) is 20.0. The van der Waals surface area contributed by atoms with E-state index in [2.05, 4.69) is 5.32 Å². The van der Waals surface area contributed by atoms with Gasteiger partial charge in [0.05, 0.1) is 5.92 Å². The van der Waals surface area contributed by atoms with E-state index >= 15 is 0 Å². The molecule has 2 aliphatic rings. The van der Waals surface area contributed by atoms with Crippen molar-refractivity contribution >= 4 is 34.8 Å². The highest BCUT2D eigenvalue weighted by molar-refractivity contribution is 6.04. The lowest BCUT2D eigenvalue weighted by Crippen LogP contribution is -2.28. The molecule has 1 saturated heterocycles. The molecule has 0 aromatic heterocycles. The van der Waals surface area contributed by atoms with Crippen molar-refractivity contribution in [1.82, 2.24) is 0 Å². The second-order valence-corrected chi connectivity index (χ2v) is 7.49. The largest absolute Gasteiger partial charge is 0.326 e. The second kappa shape index (κ2) is 7.85. The zero-order valence-corrected chi connectivity index (χ0v) is 16.5. The van der Waals surface area contributed by atoms with Crippen LogP contribution >= 0.6 is 0 Å². The molecule has 1 fully saturated rings. The standard InChI is InChI=1S/C22H21F2N3O3/c1-2-20(28)26-8-7-13-9-16(4-6-19(13)26)27-12-14(10-21(27)29)22(30)25-15-3-5-17(23)18(24)11-15/h3-6,9,11,14H,2,7-8,10,12H2,1H3,(H,25,30). The molecule has 3 amide bonds. The smallest absolute Gasteiger partial charge is 0.229 e. The molecule has 2 aromatic carbocycles. The minimum Gasteiger partial charge on any atom is -0.326 e. The van der Waals surface area contributed by atoms with Gasteiger partial charge in [-0.1, -0.05) is 6.92 Å². The Morgan fingerprint density at radius 3 is 2.67 bits per heavy atom. The molecule has 0 bridgehead atoms. The first-order valence-corrected chi connectivity index (χ1v) is 9.87. The van der Waals surface area contributed by atoms with Crippen LogP contribution < -0.4 is 15.1 Å². The van der Waals surface area contributed by atoms with Crippen LogP contribution in [-0.4, -0.2) is 30.8 Å². The number of carbonyl (C=O) groups is 3. The highest BCUT2D eigenvalue weighted by Crippen LogP contribution is 2.34. The lowest BCUT2D eigenvalue weighted by Gasteiger charge is -2.20. The van der Waals surface area contributed by atoms with Crippen LogP contribution in [0.3, 0.4) is 0 Å². The lowest BCUT2D eigenvalue weighted by molar-refractivity contribution is -0.122. The van der Waals surface area contributed by atoms with Gasteiger partial charge in [-0.3, -0.25) is 14.4 Å². The Morgan fingerprint density at radius 1 is 1.13 bits per heavy atom. The quantitative estimate of drug-likeness (QED) is 0.837. The fourth-order valence-electron chi connectivity index (χ4n) is 3.96. The number of rotatable bonds is 4. The molecule has 2 aromatic rings. The molecule has 2 heterocycles. The maximum absolute atomic E-state index is 13.3. The summed E-state index contributed by atoms with van der Waals surface area (Å²) in [5, 5.41) is 2.54. The van der Waals surface area contributed by atoms with Crippen LogP contribution in [0.25, 0.3) is 0 Å². The van der Waals surface area contributed by atoms with E-state index in [4.69, 9.17) is 0 Å². The average molecular weight is 413 g/mol. The Kier molecular flexibility index (Phi) is 5.24. The van der Waals surface area contributed by atoms with E-state index in [9.17, 15) is 23.2 Å². The van der Waals surface area contributed by atoms with E-state index in [1.54, 1.807) is 15.9 Å². The molecule has 2 aliphatic heterocycles. The van der Waals surface area contributed by atoms with Gasteiger partial charge in [-0.05, 0) is 42.3 Å². The topological polar surface area (TPSA) is 69.7 Å². The summed E-state index contributed by atoms with van der Waals surface area (Å²) in [7, 11) is 0. The van der Waals surface area contributed by atoms with Crippen molar-refractivity contribution in [3.8, 4) is 0 Å². The van der Waals surface area contributed by atoms with E-state index in [-0.39, 0.29) is 30.5 Å². The third kappa shape index (κ3) is 3.65. The van der Waals surface area contributed by atoms with Gasteiger partial charge in [-0.25, -0.2) is 8.78 Å². The first-order chi connectivity index (χ1) is 14.4. The fourth-order valence-corrected chi connectivity index (χ4v) is 3.96. The van der Waals surface area contributed by atoms with Crippen molar-refractivity contribution in [2.45, 2.75) is 26.2 Å². The highest BCUT2D eigenvalue weighted by Gasteiger charge is 2.36. The molecule has 1 N–H and O–H groups in total. The number of amides is 3. The second-order valence-electron chi connectivity index (χ2n) is 7.49. The van der Waals surface area contributed by atoms with E-state index in [1.807, 2.05) is 19.1 Å². The van der Waals surface area contributed by atoms with Crippen molar-refractivity contribution < 1.29 is 23.2 Å². The summed E-state index contributed by atoms with van der Waals surface area (Å²) in [4.78, 5) is 40.4. The van der Waals surface area contributed by atoms with Crippen LogP contribution in [-0.2, 0) is 20.8 Å². The summed E-state index contributed by atoms with van der Waals surface area (Å²) in [6.07, 6.45) is 1.19. The summed E-state index contributed by atoms with van der Waals surface area (Å²) in [6, 6.07) is 8.64. The molecule has 0 aliphatic carbocycles. The van der Waals surface area contributed by atoms with Gasteiger partial charge in [0.2, 0.25) is 17.7 Å². The van der Waals surface area contributed by atoms with E-state index in [0.29, 0.717) is 18.7 Å². The third-order valence-electron chi connectivity index (χ3n) is 5.56. The van der Waals surface area contributed by atoms with Gasteiger partial charge < -0.3 is 15.1 Å². The van der Waals surface area contributed by atoms with Crippen LogP contribution in [0, 0.1) is 17.6 Å².